The van der Waals surface area contributed by atoms with E-state index < -0.39 is 24.0 Å². The lowest BCUT2D eigenvalue weighted by atomic mass is 10.0. The average molecular weight is 220 g/mol. The second-order valence-electron chi connectivity index (χ2n) is 3.80. The van der Waals surface area contributed by atoms with Gasteiger partial charge in [-0.1, -0.05) is 13.8 Å². The van der Waals surface area contributed by atoms with Crippen molar-refractivity contribution in [1.29, 1.82) is 0 Å². The molecule has 90 valence electrons. The van der Waals surface area contributed by atoms with Crippen LogP contribution in [0.2, 0.25) is 0 Å². The van der Waals surface area contributed by atoms with Crippen molar-refractivity contribution in [3.8, 4) is 0 Å². The molecule has 6 heteroatoms. The number of aliphatic carboxylic acids is 1. The molecule has 0 unspecified atom stereocenters. The van der Waals surface area contributed by atoms with Gasteiger partial charge in [-0.15, -0.1) is 0 Å². The Kier molecular flexibility index (Phi) is 7.81. The van der Waals surface area contributed by atoms with Crippen LogP contribution in [0.25, 0.3) is 0 Å². The van der Waals surface area contributed by atoms with Gasteiger partial charge in [0, 0.05) is 0 Å². The van der Waals surface area contributed by atoms with Crippen LogP contribution in [-0.4, -0.2) is 34.5 Å². The third kappa shape index (κ3) is 6.87. The fourth-order valence-electron chi connectivity index (χ4n) is 0.997. The molecule has 0 saturated heterocycles. The molecule has 0 spiro atoms. The van der Waals surface area contributed by atoms with E-state index >= 15 is 0 Å². The van der Waals surface area contributed by atoms with Crippen LogP contribution in [0.3, 0.4) is 0 Å². The zero-order chi connectivity index (χ0) is 11.3. The fourth-order valence-corrected chi connectivity index (χ4v) is 0.997. The summed E-state index contributed by atoms with van der Waals surface area (Å²) < 4.78 is 0. The predicted octanol–water partition coefficient (Wildman–Crippen LogP) is -0.876. The van der Waals surface area contributed by atoms with Crippen molar-refractivity contribution in [2.45, 2.75) is 39.3 Å². The number of rotatable bonds is 5. The molecule has 0 aromatic carbocycles. The molecule has 0 aliphatic carbocycles. The second-order valence-corrected chi connectivity index (χ2v) is 3.80. The van der Waals surface area contributed by atoms with Gasteiger partial charge in [0.1, 0.15) is 6.04 Å². The van der Waals surface area contributed by atoms with Gasteiger partial charge in [-0.3, -0.25) is 9.59 Å². The lowest BCUT2D eigenvalue weighted by Crippen LogP contribution is -2.47. The van der Waals surface area contributed by atoms with Crippen molar-refractivity contribution in [2.24, 2.45) is 11.7 Å². The Morgan fingerprint density at radius 2 is 1.80 bits per heavy atom. The van der Waals surface area contributed by atoms with Crippen molar-refractivity contribution in [1.82, 2.24) is 5.32 Å². The highest BCUT2D eigenvalue weighted by Crippen LogP contribution is 2.02. The number of carbonyl (C=O) groups is 2. The molecule has 2 atom stereocenters. The number of nitrogens with one attached hydrogen (secondary N) is 1. The number of carboxylic acids is 1. The van der Waals surface area contributed by atoms with Gasteiger partial charge in [-0.2, -0.15) is 0 Å². The normalized spacial score (nSPS) is 13.9. The summed E-state index contributed by atoms with van der Waals surface area (Å²) in [6.07, 6.45) is 0.554. The van der Waals surface area contributed by atoms with Crippen molar-refractivity contribution >= 4 is 11.9 Å². The topological polar surface area (TPSA) is 124 Å². The zero-order valence-corrected chi connectivity index (χ0v) is 9.28. The molecular weight excluding hydrogens is 200 g/mol. The average Bonchev–Trinajstić information content (AvgIpc) is 2.02. The van der Waals surface area contributed by atoms with Crippen LogP contribution in [0.5, 0.6) is 0 Å². The Hall–Kier alpha value is -1.14. The quantitative estimate of drug-likeness (QED) is 0.556. The van der Waals surface area contributed by atoms with E-state index in [-0.39, 0.29) is 5.48 Å². The van der Waals surface area contributed by atoms with E-state index in [1.54, 1.807) is 0 Å². The lowest BCUT2D eigenvalue weighted by molar-refractivity contribution is -0.141. The molecule has 0 aliphatic heterocycles. The molecule has 0 bridgehead atoms. The SMILES string of the molecule is CC(C)C[C@H](N)C(=O)N[C@@H](C)C(=O)O.O. The van der Waals surface area contributed by atoms with E-state index in [4.69, 9.17) is 10.8 Å². The number of amides is 1. The molecule has 0 saturated carbocycles. The summed E-state index contributed by atoms with van der Waals surface area (Å²) in [5.74, 6) is -1.15. The van der Waals surface area contributed by atoms with Crippen LogP contribution in [-0.2, 0) is 9.59 Å². The summed E-state index contributed by atoms with van der Waals surface area (Å²) in [5, 5.41) is 10.9. The number of nitrogens with two attached hydrogens (primary N) is 1. The first-order valence-electron chi connectivity index (χ1n) is 4.63. The van der Waals surface area contributed by atoms with Gasteiger partial charge < -0.3 is 21.6 Å². The van der Waals surface area contributed by atoms with Gasteiger partial charge in [-0.05, 0) is 19.3 Å². The van der Waals surface area contributed by atoms with Crippen LogP contribution < -0.4 is 11.1 Å². The van der Waals surface area contributed by atoms with E-state index in [1.165, 1.54) is 6.92 Å². The fraction of sp³-hybridized carbons (Fsp3) is 0.778. The molecule has 6 N–H and O–H groups in total. The molecule has 0 heterocycles. The minimum Gasteiger partial charge on any atom is -0.480 e. The van der Waals surface area contributed by atoms with Gasteiger partial charge in [0.2, 0.25) is 5.91 Å². The second kappa shape index (κ2) is 7.19. The minimum absolute atomic E-state index is 0. The van der Waals surface area contributed by atoms with Gasteiger partial charge in [0.25, 0.3) is 0 Å². The first-order valence-corrected chi connectivity index (χ1v) is 4.63. The standard InChI is InChI=1S/C9H18N2O3.H2O/c1-5(2)4-7(10)8(12)11-6(3)9(13)14;/h5-7H,4,10H2,1-3H3,(H,11,12)(H,13,14);1H2/t6-,7-;/m0./s1. The summed E-state index contributed by atoms with van der Waals surface area (Å²) in [4.78, 5) is 21.7. The minimum atomic E-state index is -1.06. The maximum atomic E-state index is 11.3. The number of hydrogen-bond acceptors (Lipinski definition) is 3. The first kappa shape index (κ1) is 16.3. The van der Waals surface area contributed by atoms with Crippen molar-refractivity contribution < 1.29 is 20.2 Å². The van der Waals surface area contributed by atoms with Crippen LogP contribution in [0.4, 0.5) is 0 Å². The Morgan fingerprint density at radius 1 is 1.33 bits per heavy atom. The van der Waals surface area contributed by atoms with Crippen molar-refractivity contribution in [3.63, 3.8) is 0 Å². The Morgan fingerprint density at radius 3 is 2.13 bits per heavy atom. The van der Waals surface area contributed by atoms with Gasteiger partial charge in [0.15, 0.2) is 0 Å². The molecule has 15 heavy (non-hydrogen) atoms. The van der Waals surface area contributed by atoms with Crippen molar-refractivity contribution in [3.05, 3.63) is 0 Å². The maximum Gasteiger partial charge on any atom is 0.325 e. The van der Waals surface area contributed by atoms with Gasteiger partial charge in [-0.25, -0.2) is 0 Å². The van der Waals surface area contributed by atoms with Crippen molar-refractivity contribution in [2.75, 3.05) is 0 Å². The highest BCUT2D eigenvalue weighted by Gasteiger charge is 2.19. The molecule has 0 fully saturated rings. The van der Waals surface area contributed by atoms with E-state index in [2.05, 4.69) is 5.32 Å². The van der Waals surface area contributed by atoms with Crippen LogP contribution >= 0.6 is 0 Å². The predicted molar refractivity (Wildman–Crippen MR) is 56.3 cm³/mol. The monoisotopic (exact) mass is 220 g/mol. The van der Waals surface area contributed by atoms with Crippen LogP contribution in [0, 0.1) is 5.92 Å². The van der Waals surface area contributed by atoms with Crippen LogP contribution in [0.1, 0.15) is 27.2 Å². The Bertz CT molecular complexity index is 218. The van der Waals surface area contributed by atoms with Crippen LogP contribution in [0.15, 0.2) is 0 Å². The molecule has 0 aromatic heterocycles. The smallest absolute Gasteiger partial charge is 0.325 e. The molecule has 0 aliphatic rings. The molecule has 0 rings (SSSR count). The Labute approximate surface area is 89.1 Å². The third-order valence-electron chi connectivity index (χ3n) is 1.79. The summed E-state index contributed by atoms with van der Waals surface area (Å²) in [7, 11) is 0. The van der Waals surface area contributed by atoms with E-state index in [0.29, 0.717) is 12.3 Å². The molecule has 1 amide bonds. The van der Waals surface area contributed by atoms with Gasteiger partial charge in [0.05, 0.1) is 6.04 Å². The number of carbonyl (C=O) groups excluding carboxylic acids is 1. The summed E-state index contributed by atoms with van der Waals surface area (Å²) in [6, 6.07) is -1.52. The van der Waals surface area contributed by atoms with E-state index in [9.17, 15) is 9.59 Å². The Balaban J connectivity index is 0. The largest absolute Gasteiger partial charge is 0.480 e. The number of hydrogen-bond donors (Lipinski definition) is 3. The maximum absolute atomic E-state index is 11.3. The summed E-state index contributed by atoms with van der Waals surface area (Å²) >= 11 is 0. The third-order valence-corrected chi connectivity index (χ3v) is 1.79. The number of carboxylic acid groups (broad SMARTS) is 1. The molecule has 6 nitrogen and oxygen atoms in total. The molecular formula is C9H20N2O4. The molecule has 0 radical (unpaired) electrons. The zero-order valence-electron chi connectivity index (χ0n) is 9.28. The lowest BCUT2D eigenvalue weighted by Gasteiger charge is -2.16. The summed E-state index contributed by atoms with van der Waals surface area (Å²) in [5.41, 5.74) is 5.56. The van der Waals surface area contributed by atoms with Gasteiger partial charge >= 0.3 is 5.97 Å². The van der Waals surface area contributed by atoms with E-state index in [0.717, 1.165) is 0 Å². The van der Waals surface area contributed by atoms with E-state index in [1.807, 2.05) is 13.8 Å². The first-order chi connectivity index (χ1) is 6.34. The summed E-state index contributed by atoms with van der Waals surface area (Å²) in [6.45, 7) is 5.31. The highest BCUT2D eigenvalue weighted by molar-refractivity contribution is 5.86. The molecule has 0 aromatic rings. The highest BCUT2D eigenvalue weighted by atomic mass is 16.4.